The first-order chi connectivity index (χ1) is 14.6. The molecule has 0 spiro atoms. The van der Waals surface area contributed by atoms with E-state index in [0.717, 1.165) is 28.3 Å². The van der Waals surface area contributed by atoms with E-state index in [4.69, 9.17) is 16.3 Å². The van der Waals surface area contributed by atoms with E-state index in [-0.39, 0.29) is 11.8 Å². The standard InChI is InChI=1S/C25H29ClN2O2/c1-3-23(20-10-5-4-6-11-20)25(29)28(16-17-30-2)19-22-13-9-15-27(22)18-21-12-7-8-14-24(21)26/h4-15,23H,3,16-19H2,1-2H3. The summed E-state index contributed by atoms with van der Waals surface area (Å²) in [6, 6.07) is 21.9. The number of halogens is 1. The molecule has 3 rings (SSSR count). The fourth-order valence-electron chi connectivity index (χ4n) is 3.68. The van der Waals surface area contributed by atoms with Gasteiger partial charge in [0, 0.05) is 37.1 Å². The van der Waals surface area contributed by atoms with E-state index in [1.807, 2.05) is 71.8 Å². The summed E-state index contributed by atoms with van der Waals surface area (Å²) in [5.41, 5.74) is 3.18. The lowest BCUT2D eigenvalue weighted by Crippen LogP contribution is -2.37. The van der Waals surface area contributed by atoms with Gasteiger partial charge in [-0.15, -0.1) is 0 Å². The Labute approximate surface area is 184 Å². The van der Waals surface area contributed by atoms with Crippen LogP contribution in [0.15, 0.2) is 72.9 Å². The molecule has 2 aromatic carbocycles. The highest BCUT2D eigenvalue weighted by molar-refractivity contribution is 6.31. The summed E-state index contributed by atoms with van der Waals surface area (Å²) in [5, 5.41) is 0.750. The number of carbonyl (C=O) groups is 1. The third-order valence-corrected chi connectivity index (χ3v) is 5.73. The Balaban J connectivity index is 1.81. The lowest BCUT2D eigenvalue weighted by atomic mass is 9.95. The highest BCUT2D eigenvalue weighted by atomic mass is 35.5. The van der Waals surface area contributed by atoms with Crippen LogP contribution in [0.2, 0.25) is 5.02 Å². The smallest absolute Gasteiger partial charge is 0.230 e. The van der Waals surface area contributed by atoms with Gasteiger partial charge in [0.1, 0.15) is 0 Å². The van der Waals surface area contributed by atoms with Crippen molar-refractivity contribution in [3.63, 3.8) is 0 Å². The number of carbonyl (C=O) groups excluding carboxylic acids is 1. The first-order valence-electron chi connectivity index (χ1n) is 10.3. The Hall–Kier alpha value is -2.56. The number of ether oxygens (including phenoxy) is 1. The molecule has 1 amide bonds. The highest BCUT2D eigenvalue weighted by Crippen LogP contribution is 2.24. The van der Waals surface area contributed by atoms with Crippen LogP contribution in [0, 0.1) is 0 Å². The monoisotopic (exact) mass is 424 g/mol. The maximum atomic E-state index is 13.5. The molecular formula is C25H29ClN2O2. The molecule has 0 aliphatic carbocycles. The van der Waals surface area contributed by atoms with Crippen molar-refractivity contribution in [3.05, 3.63) is 94.8 Å². The minimum atomic E-state index is -0.157. The summed E-state index contributed by atoms with van der Waals surface area (Å²) in [6.45, 7) is 4.31. The van der Waals surface area contributed by atoms with Crippen molar-refractivity contribution in [1.82, 2.24) is 9.47 Å². The third-order valence-electron chi connectivity index (χ3n) is 5.36. The van der Waals surface area contributed by atoms with Gasteiger partial charge in [-0.2, -0.15) is 0 Å². The van der Waals surface area contributed by atoms with E-state index in [1.165, 1.54) is 0 Å². The molecule has 1 aromatic heterocycles. The topological polar surface area (TPSA) is 34.5 Å². The molecule has 0 saturated carbocycles. The molecule has 0 N–H and O–H groups in total. The summed E-state index contributed by atoms with van der Waals surface area (Å²) < 4.78 is 7.43. The molecule has 0 fully saturated rings. The van der Waals surface area contributed by atoms with Gasteiger partial charge in [-0.1, -0.05) is 67.1 Å². The minimum absolute atomic E-state index is 0.131. The van der Waals surface area contributed by atoms with Crippen molar-refractivity contribution < 1.29 is 9.53 Å². The van der Waals surface area contributed by atoms with Gasteiger partial charge in [0.25, 0.3) is 0 Å². The number of aromatic nitrogens is 1. The Morgan fingerprint density at radius 1 is 1.07 bits per heavy atom. The first kappa shape index (κ1) is 22.1. The number of rotatable bonds is 10. The average molecular weight is 425 g/mol. The second kappa shape index (κ2) is 11.0. The molecule has 30 heavy (non-hydrogen) atoms. The first-order valence-corrected chi connectivity index (χ1v) is 10.7. The summed E-state index contributed by atoms with van der Waals surface area (Å²) in [4.78, 5) is 15.4. The molecule has 0 aliphatic rings. The Morgan fingerprint density at radius 3 is 2.50 bits per heavy atom. The molecule has 0 saturated heterocycles. The zero-order chi connectivity index (χ0) is 21.3. The highest BCUT2D eigenvalue weighted by Gasteiger charge is 2.25. The van der Waals surface area contributed by atoms with Crippen LogP contribution in [0.4, 0.5) is 0 Å². The van der Waals surface area contributed by atoms with Gasteiger partial charge in [-0.05, 0) is 35.7 Å². The van der Waals surface area contributed by atoms with Gasteiger partial charge in [0.2, 0.25) is 5.91 Å². The molecule has 4 nitrogen and oxygen atoms in total. The number of methoxy groups -OCH3 is 1. The van der Waals surface area contributed by atoms with Crippen molar-refractivity contribution in [2.45, 2.75) is 32.4 Å². The average Bonchev–Trinajstić information content (AvgIpc) is 3.20. The van der Waals surface area contributed by atoms with Crippen molar-refractivity contribution in [2.75, 3.05) is 20.3 Å². The largest absolute Gasteiger partial charge is 0.383 e. The molecule has 3 aromatic rings. The lowest BCUT2D eigenvalue weighted by molar-refractivity contribution is -0.134. The Morgan fingerprint density at radius 2 is 1.80 bits per heavy atom. The molecule has 1 atom stereocenters. The van der Waals surface area contributed by atoms with Gasteiger partial charge in [-0.3, -0.25) is 4.79 Å². The molecule has 1 heterocycles. The van der Waals surface area contributed by atoms with Crippen LogP contribution in [0.5, 0.6) is 0 Å². The van der Waals surface area contributed by atoms with Crippen molar-refractivity contribution in [3.8, 4) is 0 Å². The summed E-state index contributed by atoms with van der Waals surface area (Å²) in [5.74, 6) is -0.0266. The van der Waals surface area contributed by atoms with Crippen LogP contribution in [0.1, 0.15) is 36.1 Å². The van der Waals surface area contributed by atoms with Crippen LogP contribution < -0.4 is 0 Å². The second-order valence-electron chi connectivity index (χ2n) is 7.34. The summed E-state index contributed by atoms with van der Waals surface area (Å²) >= 11 is 6.35. The number of nitrogens with zero attached hydrogens (tertiary/aromatic N) is 2. The predicted octanol–water partition coefficient (Wildman–Crippen LogP) is 5.36. The lowest BCUT2D eigenvalue weighted by Gasteiger charge is -2.28. The molecule has 5 heteroatoms. The van der Waals surface area contributed by atoms with Gasteiger partial charge in [0.05, 0.1) is 19.1 Å². The summed E-state index contributed by atoms with van der Waals surface area (Å²) in [6.07, 6.45) is 2.79. The minimum Gasteiger partial charge on any atom is -0.383 e. The van der Waals surface area contributed by atoms with E-state index in [2.05, 4.69) is 17.6 Å². The SMILES string of the molecule is CCC(C(=O)N(CCOC)Cc1cccn1Cc1ccccc1Cl)c1ccccc1. The van der Waals surface area contributed by atoms with Crippen LogP contribution in [0.3, 0.4) is 0 Å². The Bertz CT molecular complexity index is 939. The molecule has 0 bridgehead atoms. The second-order valence-corrected chi connectivity index (χ2v) is 7.75. The predicted molar refractivity (Wildman–Crippen MR) is 122 cm³/mol. The maximum absolute atomic E-state index is 13.5. The number of benzene rings is 2. The van der Waals surface area contributed by atoms with E-state index in [0.29, 0.717) is 26.2 Å². The van der Waals surface area contributed by atoms with Crippen LogP contribution in [0.25, 0.3) is 0 Å². The van der Waals surface area contributed by atoms with Gasteiger partial charge >= 0.3 is 0 Å². The van der Waals surface area contributed by atoms with Gasteiger partial charge < -0.3 is 14.2 Å². The van der Waals surface area contributed by atoms with E-state index in [1.54, 1.807) is 7.11 Å². The van der Waals surface area contributed by atoms with Crippen molar-refractivity contribution in [1.29, 1.82) is 0 Å². The maximum Gasteiger partial charge on any atom is 0.230 e. The summed E-state index contributed by atoms with van der Waals surface area (Å²) in [7, 11) is 1.66. The normalized spacial score (nSPS) is 12.0. The van der Waals surface area contributed by atoms with Crippen LogP contribution in [-0.2, 0) is 22.6 Å². The number of hydrogen-bond acceptors (Lipinski definition) is 2. The molecule has 0 aliphatic heterocycles. The van der Waals surface area contributed by atoms with E-state index >= 15 is 0 Å². The number of amides is 1. The quantitative estimate of drug-likeness (QED) is 0.439. The van der Waals surface area contributed by atoms with Crippen molar-refractivity contribution >= 4 is 17.5 Å². The zero-order valence-electron chi connectivity index (χ0n) is 17.6. The molecule has 1 unspecified atom stereocenters. The fourth-order valence-corrected chi connectivity index (χ4v) is 3.88. The molecule has 158 valence electrons. The van der Waals surface area contributed by atoms with E-state index in [9.17, 15) is 4.79 Å². The van der Waals surface area contributed by atoms with E-state index < -0.39 is 0 Å². The Kier molecular flexibility index (Phi) is 8.12. The zero-order valence-corrected chi connectivity index (χ0v) is 18.4. The van der Waals surface area contributed by atoms with Gasteiger partial charge in [0.15, 0.2) is 0 Å². The molecule has 0 radical (unpaired) electrons. The van der Waals surface area contributed by atoms with Crippen LogP contribution in [-0.4, -0.2) is 35.6 Å². The number of hydrogen-bond donors (Lipinski definition) is 0. The van der Waals surface area contributed by atoms with Gasteiger partial charge in [-0.25, -0.2) is 0 Å². The fraction of sp³-hybridized carbons (Fsp3) is 0.320. The van der Waals surface area contributed by atoms with Crippen molar-refractivity contribution in [2.24, 2.45) is 0 Å². The van der Waals surface area contributed by atoms with Crippen LogP contribution >= 0.6 is 11.6 Å². The molecular weight excluding hydrogens is 396 g/mol. The third kappa shape index (κ3) is 5.53.